The zero-order valence-electron chi connectivity index (χ0n) is 8.39. The molecule has 15 heavy (non-hydrogen) atoms. The number of pyridine rings is 1. The number of alkyl halides is 3. The maximum atomic E-state index is 12.2. The van der Waals surface area contributed by atoms with Crippen molar-refractivity contribution < 1.29 is 13.2 Å². The Kier molecular flexibility index (Phi) is 3.06. The van der Waals surface area contributed by atoms with Crippen molar-refractivity contribution in [1.82, 2.24) is 4.98 Å². The SMILES string of the molecule is CC(C)Nc1ncc(C(F)(F)F)cc1N. The van der Waals surface area contributed by atoms with Crippen LogP contribution >= 0.6 is 0 Å². The summed E-state index contributed by atoms with van der Waals surface area (Å²) in [5.41, 5.74) is 4.60. The van der Waals surface area contributed by atoms with E-state index in [4.69, 9.17) is 5.73 Å². The van der Waals surface area contributed by atoms with E-state index in [0.717, 1.165) is 12.3 Å². The van der Waals surface area contributed by atoms with Gasteiger partial charge < -0.3 is 11.1 Å². The topological polar surface area (TPSA) is 50.9 Å². The number of nitrogens with zero attached hydrogens (tertiary/aromatic N) is 1. The van der Waals surface area contributed by atoms with Crippen molar-refractivity contribution in [2.45, 2.75) is 26.1 Å². The van der Waals surface area contributed by atoms with Crippen molar-refractivity contribution in [1.29, 1.82) is 0 Å². The second-order valence-electron chi connectivity index (χ2n) is 3.46. The fourth-order valence-corrected chi connectivity index (χ4v) is 1.03. The number of aromatic nitrogens is 1. The molecule has 1 rings (SSSR count). The molecule has 1 aromatic rings. The Bertz CT molecular complexity index is 347. The molecule has 0 spiro atoms. The van der Waals surface area contributed by atoms with Crippen LogP contribution in [0, 0.1) is 0 Å². The van der Waals surface area contributed by atoms with Crippen LogP contribution in [0.3, 0.4) is 0 Å². The predicted molar refractivity (Wildman–Crippen MR) is 52.4 cm³/mol. The maximum absolute atomic E-state index is 12.2. The number of hydrogen-bond donors (Lipinski definition) is 2. The molecule has 0 fully saturated rings. The maximum Gasteiger partial charge on any atom is 0.417 e. The van der Waals surface area contributed by atoms with Crippen LogP contribution < -0.4 is 11.1 Å². The summed E-state index contributed by atoms with van der Waals surface area (Å²) >= 11 is 0. The highest BCUT2D eigenvalue weighted by atomic mass is 19.4. The summed E-state index contributed by atoms with van der Waals surface area (Å²) in [4.78, 5) is 3.63. The first-order chi connectivity index (χ1) is 6.80. The largest absolute Gasteiger partial charge is 0.417 e. The Hall–Kier alpha value is -1.46. The van der Waals surface area contributed by atoms with Crippen LogP contribution in [-0.4, -0.2) is 11.0 Å². The van der Waals surface area contributed by atoms with Gasteiger partial charge in [-0.25, -0.2) is 4.98 Å². The molecule has 0 bridgehead atoms. The van der Waals surface area contributed by atoms with Crippen LogP contribution in [0.15, 0.2) is 12.3 Å². The summed E-state index contributed by atoms with van der Waals surface area (Å²) in [6.07, 6.45) is -3.64. The number of hydrogen-bond acceptors (Lipinski definition) is 3. The lowest BCUT2D eigenvalue weighted by molar-refractivity contribution is -0.137. The number of nitrogens with two attached hydrogens (primary N) is 1. The highest BCUT2D eigenvalue weighted by Gasteiger charge is 2.31. The standard InChI is InChI=1S/C9H12F3N3/c1-5(2)15-8-7(13)3-6(4-14-8)9(10,11)12/h3-5H,13H2,1-2H3,(H,14,15). The van der Waals surface area contributed by atoms with E-state index in [2.05, 4.69) is 10.3 Å². The number of halogens is 3. The van der Waals surface area contributed by atoms with Crippen molar-refractivity contribution in [3.8, 4) is 0 Å². The second-order valence-corrected chi connectivity index (χ2v) is 3.46. The lowest BCUT2D eigenvalue weighted by Gasteiger charge is -2.13. The fraction of sp³-hybridized carbons (Fsp3) is 0.444. The van der Waals surface area contributed by atoms with E-state index >= 15 is 0 Å². The molecule has 0 aliphatic carbocycles. The number of anilines is 2. The average Bonchev–Trinajstić information content (AvgIpc) is 2.05. The molecule has 1 aromatic heterocycles. The molecule has 0 amide bonds. The molecule has 3 nitrogen and oxygen atoms in total. The first-order valence-corrected chi connectivity index (χ1v) is 4.40. The van der Waals surface area contributed by atoms with Gasteiger partial charge in [0.2, 0.25) is 0 Å². The van der Waals surface area contributed by atoms with Crippen LogP contribution in [0.1, 0.15) is 19.4 Å². The van der Waals surface area contributed by atoms with Gasteiger partial charge in [0.25, 0.3) is 0 Å². The van der Waals surface area contributed by atoms with Crippen molar-refractivity contribution in [2.75, 3.05) is 11.1 Å². The first-order valence-electron chi connectivity index (χ1n) is 4.40. The Morgan fingerprint density at radius 3 is 2.40 bits per heavy atom. The summed E-state index contributed by atoms with van der Waals surface area (Å²) in [5, 5.41) is 2.85. The van der Waals surface area contributed by atoms with Gasteiger partial charge in [-0.2, -0.15) is 13.2 Å². The molecule has 3 N–H and O–H groups in total. The Balaban J connectivity index is 2.98. The summed E-state index contributed by atoms with van der Waals surface area (Å²) < 4.78 is 36.7. The summed E-state index contributed by atoms with van der Waals surface area (Å²) in [7, 11) is 0. The molecule has 0 atom stereocenters. The van der Waals surface area contributed by atoms with Crippen LogP contribution in [0.2, 0.25) is 0 Å². The van der Waals surface area contributed by atoms with Crippen LogP contribution in [-0.2, 0) is 6.18 Å². The van der Waals surface area contributed by atoms with Crippen LogP contribution in [0.4, 0.5) is 24.7 Å². The molecule has 0 aromatic carbocycles. The quantitative estimate of drug-likeness (QED) is 0.803. The predicted octanol–water partition coefficient (Wildman–Crippen LogP) is 2.50. The molecular weight excluding hydrogens is 207 g/mol. The van der Waals surface area contributed by atoms with Gasteiger partial charge in [-0.05, 0) is 19.9 Å². The molecule has 0 saturated carbocycles. The lowest BCUT2D eigenvalue weighted by atomic mass is 10.2. The highest BCUT2D eigenvalue weighted by Crippen LogP contribution is 2.31. The van der Waals surface area contributed by atoms with Gasteiger partial charge in [0.1, 0.15) is 5.82 Å². The molecule has 0 radical (unpaired) electrons. The first kappa shape index (κ1) is 11.6. The summed E-state index contributed by atoms with van der Waals surface area (Å²) in [5.74, 6) is 0.276. The fourth-order valence-electron chi connectivity index (χ4n) is 1.03. The van der Waals surface area contributed by atoms with Crippen LogP contribution in [0.25, 0.3) is 0 Å². The average molecular weight is 219 g/mol. The molecule has 6 heteroatoms. The van der Waals surface area contributed by atoms with Crippen molar-refractivity contribution in [3.63, 3.8) is 0 Å². The molecule has 0 unspecified atom stereocenters. The molecule has 0 saturated heterocycles. The molecule has 0 aliphatic heterocycles. The third-order valence-corrected chi connectivity index (χ3v) is 1.67. The van der Waals surface area contributed by atoms with E-state index in [-0.39, 0.29) is 17.5 Å². The normalized spacial score (nSPS) is 11.9. The molecule has 1 heterocycles. The van der Waals surface area contributed by atoms with Gasteiger partial charge in [-0.3, -0.25) is 0 Å². The van der Waals surface area contributed by atoms with Crippen molar-refractivity contribution in [2.24, 2.45) is 0 Å². The van der Waals surface area contributed by atoms with E-state index in [1.807, 2.05) is 13.8 Å². The molecule has 84 valence electrons. The Morgan fingerprint density at radius 2 is 2.00 bits per heavy atom. The minimum absolute atomic E-state index is 0.00137. The van der Waals surface area contributed by atoms with E-state index < -0.39 is 11.7 Å². The minimum Gasteiger partial charge on any atom is -0.396 e. The third kappa shape index (κ3) is 3.00. The number of nitrogens with one attached hydrogen (secondary N) is 1. The lowest BCUT2D eigenvalue weighted by Crippen LogP contribution is -2.14. The van der Waals surface area contributed by atoms with E-state index in [0.29, 0.717) is 0 Å². The Labute approximate surface area is 85.5 Å². The number of nitrogen functional groups attached to an aromatic ring is 1. The van der Waals surface area contributed by atoms with Gasteiger partial charge in [0, 0.05) is 12.2 Å². The van der Waals surface area contributed by atoms with E-state index in [9.17, 15) is 13.2 Å². The zero-order chi connectivity index (χ0) is 11.6. The monoisotopic (exact) mass is 219 g/mol. The second kappa shape index (κ2) is 3.96. The minimum atomic E-state index is -4.41. The van der Waals surface area contributed by atoms with E-state index in [1.54, 1.807) is 0 Å². The Morgan fingerprint density at radius 1 is 1.40 bits per heavy atom. The van der Waals surface area contributed by atoms with Gasteiger partial charge in [-0.15, -0.1) is 0 Å². The van der Waals surface area contributed by atoms with Crippen molar-refractivity contribution in [3.05, 3.63) is 17.8 Å². The third-order valence-electron chi connectivity index (χ3n) is 1.67. The van der Waals surface area contributed by atoms with Gasteiger partial charge >= 0.3 is 6.18 Å². The smallest absolute Gasteiger partial charge is 0.396 e. The zero-order valence-corrected chi connectivity index (χ0v) is 8.39. The summed E-state index contributed by atoms with van der Waals surface area (Å²) in [6, 6.07) is 0.939. The molecular formula is C9H12F3N3. The van der Waals surface area contributed by atoms with E-state index in [1.165, 1.54) is 0 Å². The number of rotatable bonds is 2. The van der Waals surface area contributed by atoms with Gasteiger partial charge in [-0.1, -0.05) is 0 Å². The van der Waals surface area contributed by atoms with Crippen molar-refractivity contribution >= 4 is 11.5 Å². The summed E-state index contributed by atoms with van der Waals surface area (Å²) in [6.45, 7) is 3.69. The molecule has 0 aliphatic rings. The van der Waals surface area contributed by atoms with Gasteiger partial charge in [0.05, 0.1) is 11.3 Å². The van der Waals surface area contributed by atoms with Crippen LogP contribution in [0.5, 0.6) is 0 Å². The highest BCUT2D eigenvalue weighted by molar-refractivity contribution is 5.62. The van der Waals surface area contributed by atoms with Gasteiger partial charge in [0.15, 0.2) is 0 Å².